The second kappa shape index (κ2) is 22.8. The fourth-order valence-electron chi connectivity index (χ4n) is 7.90. The van der Waals surface area contributed by atoms with Crippen molar-refractivity contribution in [2.75, 3.05) is 30.0 Å². The van der Waals surface area contributed by atoms with E-state index in [9.17, 15) is 9.90 Å². The van der Waals surface area contributed by atoms with Gasteiger partial charge in [0.2, 0.25) is 13.6 Å². The largest absolute Gasteiger partial charge is 0.478 e. The molecule has 344 valence electrons. The smallest absolute Gasteiger partial charge is 0.337 e. The first kappa shape index (κ1) is 46.4. The lowest BCUT2D eigenvalue weighted by Crippen LogP contribution is -2.04. The van der Waals surface area contributed by atoms with Crippen LogP contribution in [0, 0.1) is 13.8 Å². The van der Waals surface area contributed by atoms with E-state index in [2.05, 4.69) is 121 Å². The summed E-state index contributed by atoms with van der Waals surface area (Å²) in [6.45, 7) is 4.66. The summed E-state index contributed by atoms with van der Waals surface area (Å²) in [7, 11) is 0. The number of nitrogen functional groups attached to an aromatic ring is 1. The number of nitrogens with one attached hydrogen (secondary N) is 2. The van der Waals surface area contributed by atoms with Crippen molar-refractivity contribution < 1.29 is 28.8 Å². The van der Waals surface area contributed by atoms with Crippen molar-refractivity contribution in [2.24, 2.45) is 0 Å². The topological polar surface area (TPSA) is 124 Å². The van der Waals surface area contributed by atoms with E-state index in [1.54, 1.807) is 6.07 Å². The van der Waals surface area contributed by atoms with Crippen LogP contribution >= 0.6 is 0 Å². The van der Waals surface area contributed by atoms with Gasteiger partial charge in [0, 0.05) is 34.9 Å². The normalized spacial score (nSPS) is 11.7. The van der Waals surface area contributed by atoms with Crippen molar-refractivity contribution in [3.63, 3.8) is 0 Å². The molecule has 0 radical (unpaired) electrons. The van der Waals surface area contributed by atoms with Gasteiger partial charge in [-0.25, -0.2) is 4.79 Å². The number of ether oxygens (including phenoxy) is 4. The van der Waals surface area contributed by atoms with Crippen LogP contribution in [0.5, 0.6) is 23.0 Å². The minimum absolute atomic E-state index is 0.203. The number of nitrogens with two attached hydrogens (primary N) is 1. The van der Waals surface area contributed by atoms with Gasteiger partial charge in [-0.3, -0.25) is 0 Å². The highest BCUT2D eigenvalue weighted by Gasteiger charge is 2.17. The molecule has 0 atom stereocenters. The first-order valence-electron chi connectivity index (χ1n) is 23.0. The van der Waals surface area contributed by atoms with Crippen molar-refractivity contribution in [3.05, 3.63) is 232 Å². The number of fused-ring (bicyclic) bond motifs is 2. The number of carbonyl (C=O) groups is 1. The van der Waals surface area contributed by atoms with Gasteiger partial charge < -0.3 is 40.4 Å². The van der Waals surface area contributed by atoms with Gasteiger partial charge in [0.1, 0.15) is 0 Å². The van der Waals surface area contributed by atoms with E-state index in [4.69, 9.17) is 24.7 Å². The predicted octanol–water partition coefficient (Wildman–Crippen LogP) is 13.3. The van der Waals surface area contributed by atoms with E-state index in [1.807, 2.05) is 79.7 Å². The van der Waals surface area contributed by atoms with Crippen LogP contribution in [0.15, 0.2) is 182 Å². The monoisotopic (exact) mass is 903 g/mol. The highest BCUT2D eigenvalue weighted by Crippen LogP contribution is 2.37. The molecule has 8 aromatic rings. The van der Waals surface area contributed by atoms with Crippen LogP contribution in [0.4, 0.5) is 28.4 Å². The van der Waals surface area contributed by atoms with Gasteiger partial charge in [0.25, 0.3) is 0 Å². The molecule has 0 aromatic heterocycles. The van der Waals surface area contributed by atoms with Crippen LogP contribution in [0.1, 0.15) is 54.9 Å². The van der Waals surface area contributed by atoms with E-state index in [1.165, 1.54) is 33.4 Å². The Hall–Kier alpha value is -8.17. The second-order valence-corrected chi connectivity index (χ2v) is 16.9. The van der Waals surface area contributed by atoms with Crippen molar-refractivity contribution >= 4 is 34.4 Å². The number of anilines is 5. The zero-order valence-electron chi connectivity index (χ0n) is 38.5. The standard InChI is InChI=1S/C22H19NO4.C22H21NO2.C15H17N/c24-22(25)18-10-8-16(7-6-15-4-2-1-3-5-15)12-19(18)23-17-9-11-20-21(13-17)27-14-26-20;1-16-7-8-18(10-9-17-5-3-2-4-6-17)13-20(16)23-19-11-12-21-22(14-19)25-15-24-21;1-12-7-8-14(11-15(12)16)10-9-13-5-3-2-4-6-13/h1-5,8-13,23H,6-7,14H2,(H,24,25);2-8,11-14,23H,9-10,15H2,1H3;2-8,11H,9-10,16H2,1H3. The van der Waals surface area contributed by atoms with Crippen LogP contribution in [0.2, 0.25) is 0 Å². The van der Waals surface area contributed by atoms with E-state index in [0.717, 1.165) is 83.9 Å². The summed E-state index contributed by atoms with van der Waals surface area (Å²) in [5, 5.41) is 16.2. The molecule has 8 aromatic carbocycles. The van der Waals surface area contributed by atoms with Gasteiger partial charge in [-0.15, -0.1) is 0 Å². The molecular formula is C59H57N3O6. The molecule has 0 fully saturated rings. The van der Waals surface area contributed by atoms with Crippen molar-refractivity contribution in [1.29, 1.82) is 0 Å². The average Bonchev–Trinajstić information content (AvgIpc) is 4.05. The molecule has 2 aliphatic heterocycles. The molecule has 9 nitrogen and oxygen atoms in total. The molecule has 9 heteroatoms. The quantitative estimate of drug-likeness (QED) is 0.0790. The van der Waals surface area contributed by atoms with Crippen molar-refractivity contribution in [1.82, 2.24) is 0 Å². The SMILES string of the molecule is Cc1ccc(CCc2ccccc2)cc1N.Cc1ccc(CCc2ccccc2)cc1Nc1ccc2c(c1)OCO2.O=C(O)c1ccc(CCc2ccccc2)cc1Nc1ccc2c(c1)OCO2. The molecule has 0 aliphatic carbocycles. The van der Waals surface area contributed by atoms with Gasteiger partial charge in [0.15, 0.2) is 23.0 Å². The van der Waals surface area contributed by atoms with Crippen LogP contribution in [-0.4, -0.2) is 24.7 Å². The fourth-order valence-corrected chi connectivity index (χ4v) is 7.90. The third-order valence-corrected chi connectivity index (χ3v) is 11.9. The lowest BCUT2D eigenvalue weighted by Gasteiger charge is -2.12. The number of carboxylic acids is 1. The Bertz CT molecular complexity index is 2920. The first-order valence-corrected chi connectivity index (χ1v) is 23.0. The summed E-state index contributed by atoms with van der Waals surface area (Å²) >= 11 is 0. The summed E-state index contributed by atoms with van der Waals surface area (Å²) in [4.78, 5) is 11.6. The van der Waals surface area contributed by atoms with Crippen LogP contribution in [0.25, 0.3) is 0 Å². The summed E-state index contributed by atoms with van der Waals surface area (Å²) in [6.07, 6.45) is 5.93. The Labute approximate surface area is 399 Å². The first-order chi connectivity index (χ1) is 33.2. The van der Waals surface area contributed by atoms with Gasteiger partial charge in [-0.2, -0.15) is 0 Å². The Morgan fingerprint density at radius 2 is 0.838 bits per heavy atom. The second-order valence-electron chi connectivity index (χ2n) is 16.9. The highest BCUT2D eigenvalue weighted by atomic mass is 16.7. The highest BCUT2D eigenvalue weighted by molar-refractivity contribution is 5.95. The third-order valence-electron chi connectivity index (χ3n) is 11.9. The Morgan fingerprint density at radius 1 is 0.441 bits per heavy atom. The molecule has 2 aliphatic rings. The van der Waals surface area contributed by atoms with Gasteiger partial charge in [-0.05, 0) is 145 Å². The number of benzene rings is 8. The summed E-state index contributed by atoms with van der Waals surface area (Å²) in [6, 6.07) is 61.2. The Morgan fingerprint density at radius 3 is 1.31 bits per heavy atom. The van der Waals surface area contributed by atoms with Gasteiger partial charge in [-0.1, -0.05) is 121 Å². The molecule has 0 unspecified atom stereocenters. The zero-order valence-corrected chi connectivity index (χ0v) is 38.5. The number of rotatable bonds is 14. The minimum Gasteiger partial charge on any atom is -0.478 e. The molecule has 5 N–H and O–H groups in total. The van der Waals surface area contributed by atoms with Crippen LogP contribution in [0.3, 0.4) is 0 Å². The van der Waals surface area contributed by atoms with Gasteiger partial charge >= 0.3 is 5.97 Å². The van der Waals surface area contributed by atoms with E-state index < -0.39 is 5.97 Å². The molecule has 0 spiro atoms. The Kier molecular flexibility index (Phi) is 15.6. The predicted molar refractivity (Wildman–Crippen MR) is 273 cm³/mol. The maximum atomic E-state index is 11.6. The molecule has 68 heavy (non-hydrogen) atoms. The maximum absolute atomic E-state index is 11.6. The zero-order chi connectivity index (χ0) is 47.1. The molecule has 10 rings (SSSR count). The summed E-state index contributed by atoms with van der Waals surface area (Å²) in [5.41, 5.74) is 20.6. The molecule has 0 saturated carbocycles. The number of aryl methyl sites for hydroxylation is 8. The van der Waals surface area contributed by atoms with E-state index in [0.29, 0.717) is 24.0 Å². The number of hydrogen-bond acceptors (Lipinski definition) is 8. The fraction of sp³-hybridized carbons (Fsp3) is 0.169. The molecule has 0 amide bonds. The summed E-state index contributed by atoms with van der Waals surface area (Å²) < 4.78 is 21.5. The lowest BCUT2D eigenvalue weighted by molar-refractivity contribution is 0.0698. The maximum Gasteiger partial charge on any atom is 0.337 e. The number of hydrogen-bond donors (Lipinski definition) is 4. The van der Waals surface area contributed by atoms with Crippen LogP contribution in [-0.2, 0) is 38.5 Å². The minimum atomic E-state index is -0.965. The number of aromatic carboxylic acids is 1. The summed E-state index contributed by atoms with van der Waals surface area (Å²) in [5.74, 6) is 1.97. The third kappa shape index (κ3) is 13.0. The van der Waals surface area contributed by atoms with E-state index >= 15 is 0 Å². The van der Waals surface area contributed by atoms with Crippen molar-refractivity contribution in [3.8, 4) is 23.0 Å². The van der Waals surface area contributed by atoms with Crippen molar-refractivity contribution in [2.45, 2.75) is 52.4 Å². The van der Waals surface area contributed by atoms with Gasteiger partial charge in [0.05, 0.1) is 11.3 Å². The number of carboxylic acid groups (broad SMARTS) is 1. The van der Waals surface area contributed by atoms with E-state index in [-0.39, 0.29) is 12.4 Å². The molecule has 2 heterocycles. The average molecular weight is 904 g/mol. The molecule has 0 bridgehead atoms. The molecule has 0 saturated heterocycles. The van der Waals surface area contributed by atoms with Crippen LogP contribution < -0.4 is 35.3 Å². The lowest BCUT2D eigenvalue weighted by atomic mass is 10.0. The Balaban J connectivity index is 0.000000142. The molecular weight excluding hydrogens is 847 g/mol.